The molecule has 0 radical (unpaired) electrons. The van der Waals surface area contributed by atoms with Crippen LogP contribution in [0.15, 0.2) is 28.9 Å². The van der Waals surface area contributed by atoms with Crippen LogP contribution in [0.1, 0.15) is 21.9 Å². The van der Waals surface area contributed by atoms with Crippen LogP contribution in [0.3, 0.4) is 0 Å². The third kappa shape index (κ3) is 3.43. The van der Waals surface area contributed by atoms with E-state index in [1.165, 1.54) is 0 Å². The highest BCUT2D eigenvalue weighted by Crippen LogP contribution is 2.12. The van der Waals surface area contributed by atoms with Gasteiger partial charge in [0, 0.05) is 18.8 Å². The van der Waals surface area contributed by atoms with Crippen molar-refractivity contribution < 1.29 is 13.9 Å². The number of ether oxygens (including phenoxy) is 1. The van der Waals surface area contributed by atoms with Crippen LogP contribution >= 0.6 is 0 Å². The van der Waals surface area contributed by atoms with Gasteiger partial charge in [0.05, 0.1) is 26.0 Å². The Hall–Kier alpha value is -2.41. The second-order valence-corrected chi connectivity index (χ2v) is 5.06. The second-order valence-electron chi connectivity index (χ2n) is 5.06. The molecule has 1 N–H and O–H groups in total. The summed E-state index contributed by atoms with van der Waals surface area (Å²) in [5.74, 6) is 1.04. The fraction of sp³-hybridized carbons (Fsp3) is 0.400. The molecule has 22 heavy (non-hydrogen) atoms. The minimum absolute atomic E-state index is 0.239. The van der Waals surface area contributed by atoms with E-state index in [9.17, 15) is 4.79 Å². The third-order valence-electron chi connectivity index (χ3n) is 3.37. The lowest BCUT2D eigenvalue weighted by molar-refractivity contribution is 0.0942. The smallest absolute Gasteiger partial charge is 0.270 e. The van der Waals surface area contributed by atoms with Gasteiger partial charge in [-0.25, -0.2) is 9.97 Å². The minimum Gasteiger partial charge on any atom is -0.467 e. The van der Waals surface area contributed by atoms with Gasteiger partial charge in [0.1, 0.15) is 11.5 Å². The molecule has 116 valence electrons. The van der Waals surface area contributed by atoms with Gasteiger partial charge in [-0.2, -0.15) is 0 Å². The molecule has 0 spiro atoms. The molecule has 3 heterocycles. The molecule has 1 fully saturated rings. The summed E-state index contributed by atoms with van der Waals surface area (Å²) >= 11 is 0. The number of nitrogens with one attached hydrogen (secondary N) is 1. The quantitative estimate of drug-likeness (QED) is 0.912. The van der Waals surface area contributed by atoms with Crippen LogP contribution in [0.5, 0.6) is 0 Å². The van der Waals surface area contributed by atoms with Gasteiger partial charge in [-0.15, -0.1) is 0 Å². The molecule has 1 amide bonds. The third-order valence-corrected chi connectivity index (χ3v) is 3.37. The fourth-order valence-electron chi connectivity index (χ4n) is 2.25. The summed E-state index contributed by atoms with van der Waals surface area (Å²) in [6.45, 7) is 4.96. The summed E-state index contributed by atoms with van der Waals surface area (Å²) in [6.07, 6.45) is 1.58. The highest BCUT2D eigenvalue weighted by molar-refractivity contribution is 5.92. The Balaban J connectivity index is 1.72. The minimum atomic E-state index is -0.239. The van der Waals surface area contributed by atoms with E-state index in [-0.39, 0.29) is 5.91 Å². The average molecular weight is 302 g/mol. The zero-order valence-corrected chi connectivity index (χ0v) is 12.4. The Morgan fingerprint density at radius 1 is 1.36 bits per heavy atom. The van der Waals surface area contributed by atoms with E-state index in [0.717, 1.165) is 18.8 Å². The molecule has 0 saturated carbocycles. The van der Waals surface area contributed by atoms with Crippen molar-refractivity contribution in [2.24, 2.45) is 0 Å². The molecule has 0 aliphatic carbocycles. The summed E-state index contributed by atoms with van der Waals surface area (Å²) in [4.78, 5) is 23.1. The maximum Gasteiger partial charge on any atom is 0.270 e. The molecule has 2 aromatic heterocycles. The van der Waals surface area contributed by atoms with E-state index in [1.807, 2.05) is 17.9 Å². The average Bonchev–Trinajstić information content (AvgIpc) is 3.06. The number of carbonyl (C=O) groups excluding carboxylic acids is 1. The summed E-state index contributed by atoms with van der Waals surface area (Å²) in [7, 11) is 0. The summed E-state index contributed by atoms with van der Waals surface area (Å²) < 4.78 is 10.5. The highest BCUT2D eigenvalue weighted by Gasteiger charge is 2.17. The van der Waals surface area contributed by atoms with Gasteiger partial charge in [0.15, 0.2) is 0 Å². The number of morpholine rings is 1. The molecule has 0 aromatic carbocycles. The molecule has 0 bridgehead atoms. The van der Waals surface area contributed by atoms with Gasteiger partial charge in [0.25, 0.3) is 5.91 Å². The largest absolute Gasteiger partial charge is 0.467 e. The molecule has 7 nitrogen and oxygen atoms in total. The van der Waals surface area contributed by atoms with Crippen molar-refractivity contribution in [2.75, 3.05) is 31.2 Å². The van der Waals surface area contributed by atoms with Crippen LogP contribution in [0.2, 0.25) is 0 Å². The van der Waals surface area contributed by atoms with E-state index in [1.54, 1.807) is 18.4 Å². The van der Waals surface area contributed by atoms with Crippen LogP contribution in [0.4, 0.5) is 5.95 Å². The Labute approximate surface area is 128 Å². The molecule has 3 rings (SSSR count). The molecule has 1 aliphatic heterocycles. The van der Waals surface area contributed by atoms with Crippen LogP contribution < -0.4 is 10.2 Å². The molecule has 1 aliphatic rings. The second kappa shape index (κ2) is 6.57. The Morgan fingerprint density at radius 2 is 2.18 bits per heavy atom. The Bertz CT molecular complexity index is 636. The number of hydrogen-bond acceptors (Lipinski definition) is 6. The lowest BCUT2D eigenvalue weighted by Gasteiger charge is -2.27. The van der Waals surface area contributed by atoms with Crippen molar-refractivity contribution in [3.05, 3.63) is 41.6 Å². The lowest BCUT2D eigenvalue weighted by Crippen LogP contribution is -2.38. The Morgan fingerprint density at radius 3 is 2.91 bits per heavy atom. The first-order chi connectivity index (χ1) is 10.7. The predicted molar refractivity (Wildman–Crippen MR) is 79.7 cm³/mol. The van der Waals surface area contributed by atoms with Gasteiger partial charge in [-0.1, -0.05) is 0 Å². The van der Waals surface area contributed by atoms with Crippen LogP contribution in [0, 0.1) is 6.92 Å². The first-order valence-corrected chi connectivity index (χ1v) is 7.21. The van der Waals surface area contributed by atoms with Gasteiger partial charge < -0.3 is 19.4 Å². The predicted octanol–water partition coefficient (Wildman–Crippen LogP) is 1.14. The Kier molecular flexibility index (Phi) is 4.34. The maximum absolute atomic E-state index is 12.2. The van der Waals surface area contributed by atoms with Gasteiger partial charge >= 0.3 is 0 Å². The van der Waals surface area contributed by atoms with Gasteiger partial charge in [-0.3, -0.25) is 4.79 Å². The van der Waals surface area contributed by atoms with Crippen molar-refractivity contribution in [3.63, 3.8) is 0 Å². The molecule has 7 heteroatoms. The first kappa shape index (κ1) is 14.5. The number of rotatable bonds is 4. The molecular formula is C15H18N4O3. The number of nitrogens with zero attached hydrogens (tertiary/aromatic N) is 3. The summed E-state index contributed by atoms with van der Waals surface area (Å²) in [6, 6.07) is 5.28. The lowest BCUT2D eigenvalue weighted by atomic mass is 10.3. The standard InChI is InChI=1S/C15H18N4O3/c1-11-9-13(14(20)16-10-12-3-2-6-22-12)18-15(17-11)19-4-7-21-8-5-19/h2-3,6,9H,4-5,7-8,10H2,1H3,(H,16,20). The zero-order valence-electron chi connectivity index (χ0n) is 12.4. The molecule has 0 unspecified atom stereocenters. The molecular weight excluding hydrogens is 284 g/mol. The summed E-state index contributed by atoms with van der Waals surface area (Å²) in [5, 5.41) is 2.79. The van der Waals surface area contributed by atoms with Crippen molar-refractivity contribution in [3.8, 4) is 0 Å². The van der Waals surface area contributed by atoms with E-state index in [0.29, 0.717) is 37.2 Å². The number of furan rings is 1. The molecule has 1 saturated heterocycles. The fourth-order valence-corrected chi connectivity index (χ4v) is 2.25. The van der Waals surface area contributed by atoms with Crippen molar-refractivity contribution in [1.29, 1.82) is 0 Å². The normalized spacial score (nSPS) is 14.9. The number of aryl methyl sites for hydroxylation is 1. The van der Waals surface area contributed by atoms with Crippen molar-refractivity contribution in [2.45, 2.75) is 13.5 Å². The van der Waals surface area contributed by atoms with E-state index >= 15 is 0 Å². The van der Waals surface area contributed by atoms with Crippen LogP contribution in [0.25, 0.3) is 0 Å². The highest BCUT2D eigenvalue weighted by atomic mass is 16.5. The SMILES string of the molecule is Cc1cc(C(=O)NCc2ccco2)nc(N2CCOCC2)n1. The number of anilines is 1. The van der Waals surface area contributed by atoms with Crippen LogP contribution in [-0.4, -0.2) is 42.2 Å². The van der Waals surface area contributed by atoms with Crippen molar-refractivity contribution >= 4 is 11.9 Å². The zero-order chi connectivity index (χ0) is 15.4. The van der Waals surface area contributed by atoms with E-state index in [2.05, 4.69) is 15.3 Å². The first-order valence-electron chi connectivity index (χ1n) is 7.21. The van der Waals surface area contributed by atoms with E-state index in [4.69, 9.17) is 9.15 Å². The van der Waals surface area contributed by atoms with Crippen molar-refractivity contribution in [1.82, 2.24) is 15.3 Å². The maximum atomic E-state index is 12.2. The van der Waals surface area contributed by atoms with E-state index < -0.39 is 0 Å². The summed E-state index contributed by atoms with van der Waals surface area (Å²) in [5.41, 5.74) is 1.13. The topological polar surface area (TPSA) is 80.5 Å². The monoisotopic (exact) mass is 302 g/mol. The van der Waals surface area contributed by atoms with Gasteiger partial charge in [0.2, 0.25) is 5.95 Å². The molecule has 0 atom stereocenters. The van der Waals surface area contributed by atoms with Crippen LogP contribution in [-0.2, 0) is 11.3 Å². The van der Waals surface area contributed by atoms with Gasteiger partial charge in [-0.05, 0) is 25.1 Å². The number of aromatic nitrogens is 2. The number of carbonyl (C=O) groups is 1. The number of hydrogen-bond donors (Lipinski definition) is 1. The molecule has 2 aromatic rings. The number of amides is 1.